The van der Waals surface area contributed by atoms with Crippen LogP contribution in [0.1, 0.15) is 39.9 Å². The van der Waals surface area contributed by atoms with Crippen molar-refractivity contribution < 1.29 is 4.79 Å². The first kappa shape index (κ1) is 16.7. The number of aromatic nitrogens is 2. The molecular weight excluding hydrogens is 298 g/mol. The quantitative estimate of drug-likeness (QED) is 0.626. The molecule has 3 rings (SSSR count). The summed E-state index contributed by atoms with van der Waals surface area (Å²) in [5.41, 5.74) is 3.44. The van der Waals surface area contributed by atoms with E-state index in [2.05, 4.69) is 49.1 Å². The summed E-state index contributed by atoms with van der Waals surface area (Å²) in [7, 11) is 0. The molecule has 2 aromatic rings. The standard InChI is InChI=1S/C20H27N3O/c1-13(2)12-14-18(20(14,3)4)19(24)21-11-7-10-17-22-15-8-5-6-9-16(15)23-17/h5-6,8-9,12,14,18H,7,10-11H2,1-4H3,(H,21,24)(H,22,23). The first-order valence-electron chi connectivity index (χ1n) is 8.76. The third-order valence-corrected chi connectivity index (χ3v) is 5.03. The van der Waals surface area contributed by atoms with E-state index in [-0.39, 0.29) is 17.2 Å². The number of nitrogens with zero attached hydrogens (tertiary/aromatic N) is 1. The predicted octanol–water partition coefficient (Wildman–Crippen LogP) is 3.85. The van der Waals surface area contributed by atoms with Gasteiger partial charge in [0.25, 0.3) is 0 Å². The van der Waals surface area contributed by atoms with Gasteiger partial charge in [0.15, 0.2) is 0 Å². The van der Waals surface area contributed by atoms with E-state index in [9.17, 15) is 4.79 Å². The number of amides is 1. The molecule has 0 saturated heterocycles. The lowest BCUT2D eigenvalue weighted by atomic mass is 10.1. The van der Waals surface area contributed by atoms with Crippen LogP contribution in [0.5, 0.6) is 0 Å². The SMILES string of the molecule is CC(C)=CC1C(C(=O)NCCCc2nc3ccccc3[nH]2)C1(C)C. The van der Waals surface area contributed by atoms with Crippen LogP contribution in [0, 0.1) is 17.3 Å². The van der Waals surface area contributed by atoms with Gasteiger partial charge in [0, 0.05) is 13.0 Å². The van der Waals surface area contributed by atoms with Crippen molar-refractivity contribution in [1.29, 1.82) is 0 Å². The van der Waals surface area contributed by atoms with Crippen molar-refractivity contribution in [3.8, 4) is 0 Å². The van der Waals surface area contributed by atoms with E-state index in [4.69, 9.17) is 0 Å². The minimum Gasteiger partial charge on any atom is -0.356 e. The minimum absolute atomic E-state index is 0.0834. The predicted molar refractivity (Wildman–Crippen MR) is 97.6 cm³/mol. The third kappa shape index (κ3) is 3.37. The zero-order chi connectivity index (χ0) is 17.3. The Labute approximate surface area is 143 Å². The Bertz CT molecular complexity index is 735. The van der Waals surface area contributed by atoms with Crippen LogP contribution in [-0.2, 0) is 11.2 Å². The molecule has 0 bridgehead atoms. The van der Waals surface area contributed by atoms with Crippen LogP contribution in [0.2, 0.25) is 0 Å². The highest BCUT2D eigenvalue weighted by Crippen LogP contribution is 2.59. The molecule has 1 aromatic heterocycles. The number of aromatic amines is 1. The molecule has 0 spiro atoms. The van der Waals surface area contributed by atoms with Gasteiger partial charge in [0.05, 0.1) is 17.0 Å². The molecule has 2 N–H and O–H groups in total. The molecular formula is C20H27N3O. The van der Waals surface area contributed by atoms with Crippen molar-refractivity contribution in [2.24, 2.45) is 17.3 Å². The number of carbonyl (C=O) groups is 1. The van der Waals surface area contributed by atoms with Crippen molar-refractivity contribution >= 4 is 16.9 Å². The van der Waals surface area contributed by atoms with Crippen LogP contribution in [0.25, 0.3) is 11.0 Å². The zero-order valence-electron chi connectivity index (χ0n) is 15.0. The van der Waals surface area contributed by atoms with Gasteiger partial charge in [0.2, 0.25) is 5.91 Å². The van der Waals surface area contributed by atoms with Crippen molar-refractivity contribution in [3.63, 3.8) is 0 Å². The number of carbonyl (C=O) groups excluding carboxylic acids is 1. The van der Waals surface area contributed by atoms with E-state index in [1.807, 2.05) is 24.3 Å². The molecule has 128 valence electrons. The molecule has 2 atom stereocenters. The maximum absolute atomic E-state index is 12.4. The Morgan fingerprint density at radius 1 is 1.33 bits per heavy atom. The first-order chi connectivity index (χ1) is 11.4. The molecule has 1 saturated carbocycles. The minimum atomic E-state index is 0.0834. The summed E-state index contributed by atoms with van der Waals surface area (Å²) in [6.07, 6.45) is 3.98. The smallest absolute Gasteiger partial charge is 0.224 e. The summed E-state index contributed by atoms with van der Waals surface area (Å²) in [4.78, 5) is 20.3. The van der Waals surface area contributed by atoms with Crippen LogP contribution in [0.4, 0.5) is 0 Å². The lowest BCUT2D eigenvalue weighted by Crippen LogP contribution is -2.28. The average molecular weight is 325 g/mol. The number of fused-ring (bicyclic) bond motifs is 1. The molecule has 1 fully saturated rings. The van der Waals surface area contributed by atoms with Crippen molar-refractivity contribution in [2.45, 2.75) is 40.5 Å². The Morgan fingerprint density at radius 3 is 2.79 bits per heavy atom. The number of imidazole rings is 1. The number of nitrogens with one attached hydrogen (secondary N) is 2. The number of benzene rings is 1. The van der Waals surface area contributed by atoms with Crippen molar-refractivity contribution in [1.82, 2.24) is 15.3 Å². The summed E-state index contributed by atoms with van der Waals surface area (Å²) < 4.78 is 0. The molecule has 1 aliphatic rings. The number of aryl methyl sites for hydroxylation is 1. The molecule has 0 radical (unpaired) electrons. The van der Waals surface area contributed by atoms with E-state index >= 15 is 0 Å². The number of para-hydroxylation sites is 2. The monoisotopic (exact) mass is 325 g/mol. The second kappa shape index (κ2) is 6.42. The van der Waals surface area contributed by atoms with Crippen molar-refractivity contribution in [2.75, 3.05) is 6.54 Å². The molecule has 1 heterocycles. The van der Waals surface area contributed by atoms with Gasteiger partial charge in [-0.2, -0.15) is 0 Å². The lowest BCUT2D eigenvalue weighted by Gasteiger charge is -2.05. The number of H-pyrrole nitrogens is 1. The molecule has 1 aliphatic carbocycles. The maximum Gasteiger partial charge on any atom is 0.224 e. The van der Waals surface area contributed by atoms with Gasteiger partial charge in [-0.05, 0) is 43.7 Å². The Hall–Kier alpha value is -2.10. The summed E-state index contributed by atoms with van der Waals surface area (Å²) in [5, 5.41) is 3.10. The lowest BCUT2D eigenvalue weighted by molar-refractivity contribution is -0.123. The van der Waals surface area contributed by atoms with Crippen LogP contribution in [0.3, 0.4) is 0 Å². The highest BCUT2D eigenvalue weighted by atomic mass is 16.2. The van der Waals surface area contributed by atoms with Crippen LogP contribution < -0.4 is 5.32 Å². The van der Waals surface area contributed by atoms with Crippen molar-refractivity contribution in [3.05, 3.63) is 41.7 Å². The fourth-order valence-electron chi connectivity index (χ4n) is 3.55. The van der Waals surface area contributed by atoms with Gasteiger partial charge in [-0.3, -0.25) is 4.79 Å². The fraction of sp³-hybridized carbons (Fsp3) is 0.500. The van der Waals surface area contributed by atoms with E-state index < -0.39 is 0 Å². The average Bonchev–Trinajstić information content (AvgIpc) is 2.88. The number of allylic oxidation sites excluding steroid dienone is 2. The van der Waals surface area contributed by atoms with Crippen LogP contribution in [0.15, 0.2) is 35.9 Å². The molecule has 24 heavy (non-hydrogen) atoms. The zero-order valence-corrected chi connectivity index (χ0v) is 15.0. The molecule has 1 aromatic carbocycles. The highest BCUT2D eigenvalue weighted by molar-refractivity contribution is 5.83. The highest BCUT2D eigenvalue weighted by Gasteiger charge is 2.60. The number of rotatable bonds is 6. The Balaban J connectivity index is 1.47. The number of hydrogen-bond donors (Lipinski definition) is 2. The second-order valence-electron chi connectivity index (χ2n) is 7.66. The topological polar surface area (TPSA) is 57.8 Å². The first-order valence-corrected chi connectivity index (χ1v) is 8.76. The maximum atomic E-state index is 12.4. The fourth-order valence-corrected chi connectivity index (χ4v) is 3.55. The van der Waals surface area contributed by atoms with Gasteiger partial charge < -0.3 is 10.3 Å². The normalized spacial score (nSPS) is 21.5. The largest absolute Gasteiger partial charge is 0.356 e. The van der Waals surface area contributed by atoms with E-state index in [1.54, 1.807) is 0 Å². The van der Waals surface area contributed by atoms with Gasteiger partial charge in [-0.15, -0.1) is 0 Å². The van der Waals surface area contributed by atoms with E-state index in [0.717, 1.165) is 29.7 Å². The molecule has 4 nitrogen and oxygen atoms in total. The van der Waals surface area contributed by atoms with Gasteiger partial charge in [-0.1, -0.05) is 37.6 Å². The molecule has 1 amide bonds. The summed E-state index contributed by atoms with van der Waals surface area (Å²) in [5.74, 6) is 1.66. The third-order valence-electron chi connectivity index (χ3n) is 5.03. The van der Waals surface area contributed by atoms with Gasteiger partial charge in [-0.25, -0.2) is 4.98 Å². The van der Waals surface area contributed by atoms with E-state index in [0.29, 0.717) is 12.5 Å². The number of hydrogen-bond acceptors (Lipinski definition) is 2. The summed E-state index contributed by atoms with van der Waals surface area (Å²) in [6.45, 7) is 9.24. The summed E-state index contributed by atoms with van der Waals surface area (Å²) >= 11 is 0. The molecule has 4 heteroatoms. The summed E-state index contributed by atoms with van der Waals surface area (Å²) in [6, 6.07) is 8.04. The van der Waals surface area contributed by atoms with Crippen LogP contribution >= 0.6 is 0 Å². The van der Waals surface area contributed by atoms with Gasteiger partial charge >= 0.3 is 0 Å². The van der Waals surface area contributed by atoms with E-state index in [1.165, 1.54) is 5.57 Å². The second-order valence-corrected chi connectivity index (χ2v) is 7.66. The molecule has 0 aliphatic heterocycles. The molecule has 2 unspecified atom stereocenters. The Kier molecular flexibility index (Phi) is 4.48. The Morgan fingerprint density at radius 2 is 2.08 bits per heavy atom. The van der Waals surface area contributed by atoms with Crippen LogP contribution in [-0.4, -0.2) is 22.4 Å². The van der Waals surface area contributed by atoms with Gasteiger partial charge in [0.1, 0.15) is 5.82 Å².